The van der Waals surface area contributed by atoms with Crippen LogP contribution in [-0.2, 0) is 11.2 Å². The minimum absolute atomic E-state index is 0.443. The summed E-state index contributed by atoms with van der Waals surface area (Å²) >= 11 is 3.43. The molecule has 2 nitrogen and oxygen atoms in total. The van der Waals surface area contributed by atoms with E-state index < -0.39 is 0 Å². The Balaban J connectivity index is 2.38. The van der Waals surface area contributed by atoms with Crippen LogP contribution < -0.4 is 5.32 Å². The number of benzene rings is 1. The van der Waals surface area contributed by atoms with Crippen LogP contribution in [0.5, 0.6) is 0 Å². The maximum Gasteiger partial charge on any atom is 0.0615 e. The van der Waals surface area contributed by atoms with Gasteiger partial charge in [-0.05, 0) is 37.6 Å². The van der Waals surface area contributed by atoms with Crippen LogP contribution >= 0.6 is 15.9 Å². The fourth-order valence-electron chi connectivity index (χ4n) is 1.50. The van der Waals surface area contributed by atoms with Gasteiger partial charge >= 0.3 is 0 Å². The normalized spacial score (nSPS) is 12.7. The van der Waals surface area contributed by atoms with E-state index in [1.807, 2.05) is 7.05 Å². The van der Waals surface area contributed by atoms with E-state index in [0.29, 0.717) is 6.04 Å². The Kier molecular flexibility index (Phi) is 5.91. The molecule has 0 aliphatic heterocycles. The molecular formula is C12H18BrNO. The van der Waals surface area contributed by atoms with Crippen LogP contribution in [0, 0.1) is 0 Å². The summed E-state index contributed by atoms with van der Waals surface area (Å²) in [7, 11) is 3.72. The summed E-state index contributed by atoms with van der Waals surface area (Å²) in [6.45, 7) is 0.771. The molecule has 1 aromatic carbocycles. The number of halogens is 1. The van der Waals surface area contributed by atoms with E-state index in [2.05, 4.69) is 45.5 Å². The van der Waals surface area contributed by atoms with Gasteiger partial charge in [0.05, 0.1) is 6.61 Å². The van der Waals surface area contributed by atoms with Gasteiger partial charge in [-0.1, -0.05) is 28.1 Å². The number of rotatable bonds is 6. The summed E-state index contributed by atoms with van der Waals surface area (Å²) in [6, 6.07) is 8.92. The van der Waals surface area contributed by atoms with Crippen molar-refractivity contribution in [2.75, 3.05) is 20.8 Å². The number of likely N-dealkylation sites (N-methyl/N-ethyl adjacent to an activating group) is 1. The zero-order valence-electron chi connectivity index (χ0n) is 9.29. The quantitative estimate of drug-likeness (QED) is 0.859. The largest absolute Gasteiger partial charge is 0.383 e. The molecule has 1 aromatic rings. The van der Waals surface area contributed by atoms with Gasteiger partial charge in [0.25, 0.3) is 0 Å². The first kappa shape index (κ1) is 12.7. The minimum atomic E-state index is 0.443. The van der Waals surface area contributed by atoms with Crippen molar-refractivity contribution in [3.8, 4) is 0 Å². The van der Waals surface area contributed by atoms with Crippen LogP contribution in [-0.4, -0.2) is 26.8 Å². The maximum absolute atomic E-state index is 5.13. The zero-order valence-corrected chi connectivity index (χ0v) is 10.9. The highest BCUT2D eigenvalue weighted by molar-refractivity contribution is 9.10. The van der Waals surface area contributed by atoms with E-state index in [1.54, 1.807) is 7.11 Å². The molecule has 0 amide bonds. The van der Waals surface area contributed by atoms with E-state index >= 15 is 0 Å². The van der Waals surface area contributed by atoms with E-state index in [-0.39, 0.29) is 0 Å². The maximum atomic E-state index is 5.13. The Morgan fingerprint density at radius 2 is 2.00 bits per heavy atom. The highest BCUT2D eigenvalue weighted by Crippen LogP contribution is 2.12. The minimum Gasteiger partial charge on any atom is -0.383 e. The molecule has 15 heavy (non-hydrogen) atoms. The molecule has 1 unspecified atom stereocenters. The number of aryl methyl sites for hydroxylation is 1. The second kappa shape index (κ2) is 6.99. The van der Waals surface area contributed by atoms with Gasteiger partial charge in [0.15, 0.2) is 0 Å². The van der Waals surface area contributed by atoms with E-state index in [1.165, 1.54) is 5.56 Å². The van der Waals surface area contributed by atoms with Crippen molar-refractivity contribution in [1.82, 2.24) is 5.32 Å². The molecule has 1 N–H and O–H groups in total. The van der Waals surface area contributed by atoms with Crippen LogP contribution in [0.1, 0.15) is 12.0 Å². The third-order valence-electron chi connectivity index (χ3n) is 2.47. The van der Waals surface area contributed by atoms with Gasteiger partial charge in [0, 0.05) is 17.6 Å². The van der Waals surface area contributed by atoms with Gasteiger partial charge in [-0.3, -0.25) is 0 Å². The number of methoxy groups -OCH3 is 1. The molecule has 1 atom stereocenters. The number of hydrogen-bond acceptors (Lipinski definition) is 2. The SMILES string of the molecule is CNC(CCc1ccc(Br)cc1)COC. The second-order valence-electron chi connectivity index (χ2n) is 3.61. The molecule has 0 saturated heterocycles. The molecule has 0 spiro atoms. The Hall–Kier alpha value is -0.380. The number of hydrogen-bond donors (Lipinski definition) is 1. The molecule has 0 radical (unpaired) electrons. The lowest BCUT2D eigenvalue weighted by molar-refractivity contribution is 0.166. The summed E-state index contributed by atoms with van der Waals surface area (Å²) < 4.78 is 6.27. The molecule has 0 aromatic heterocycles. The van der Waals surface area contributed by atoms with Crippen LogP contribution in [0.25, 0.3) is 0 Å². The Bertz CT molecular complexity index is 273. The van der Waals surface area contributed by atoms with Crippen molar-refractivity contribution in [3.63, 3.8) is 0 Å². The summed E-state index contributed by atoms with van der Waals surface area (Å²) in [5.41, 5.74) is 1.37. The van der Waals surface area contributed by atoms with Gasteiger partial charge in [0.1, 0.15) is 0 Å². The predicted molar refractivity (Wildman–Crippen MR) is 67.2 cm³/mol. The monoisotopic (exact) mass is 271 g/mol. The van der Waals surface area contributed by atoms with Gasteiger partial charge < -0.3 is 10.1 Å². The number of nitrogens with one attached hydrogen (secondary N) is 1. The van der Waals surface area contributed by atoms with Crippen LogP contribution in [0.3, 0.4) is 0 Å². The van der Waals surface area contributed by atoms with Crippen molar-refractivity contribution in [1.29, 1.82) is 0 Å². The summed E-state index contributed by atoms with van der Waals surface area (Å²) in [5.74, 6) is 0. The Morgan fingerprint density at radius 3 is 2.53 bits per heavy atom. The predicted octanol–water partition coefficient (Wildman–Crippen LogP) is 2.62. The molecule has 0 fully saturated rings. The average Bonchev–Trinajstić information content (AvgIpc) is 2.26. The molecule has 0 aliphatic rings. The van der Waals surface area contributed by atoms with Crippen molar-refractivity contribution in [2.45, 2.75) is 18.9 Å². The van der Waals surface area contributed by atoms with Crippen molar-refractivity contribution >= 4 is 15.9 Å². The average molecular weight is 272 g/mol. The first-order chi connectivity index (χ1) is 7.26. The van der Waals surface area contributed by atoms with Crippen LogP contribution in [0.4, 0.5) is 0 Å². The lowest BCUT2D eigenvalue weighted by atomic mass is 10.1. The second-order valence-corrected chi connectivity index (χ2v) is 4.52. The first-order valence-corrected chi connectivity index (χ1v) is 5.96. The van der Waals surface area contributed by atoms with Gasteiger partial charge in [0.2, 0.25) is 0 Å². The molecule has 1 rings (SSSR count). The van der Waals surface area contributed by atoms with Gasteiger partial charge in [-0.25, -0.2) is 0 Å². The van der Waals surface area contributed by atoms with E-state index in [9.17, 15) is 0 Å². The molecule has 0 aliphatic carbocycles. The highest BCUT2D eigenvalue weighted by Gasteiger charge is 2.05. The van der Waals surface area contributed by atoms with E-state index in [4.69, 9.17) is 4.74 Å². The lowest BCUT2D eigenvalue weighted by Crippen LogP contribution is -2.30. The Morgan fingerprint density at radius 1 is 1.33 bits per heavy atom. The van der Waals surface area contributed by atoms with Crippen molar-refractivity contribution in [2.24, 2.45) is 0 Å². The van der Waals surface area contributed by atoms with Crippen LogP contribution in [0.15, 0.2) is 28.7 Å². The molecule has 0 heterocycles. The van der Waals surface area contributed by atoms with Gasteiger partial charge in [-0.2, -0.15) is 0 Å². The number of ether oxygens (including phenoxy) is 1. The molecule has 0 bridgehead atoms. The summed E-state index contributed by atoms with van der Waals surface area (Å²) in [5, 5.41) is 3.25. The molecule has 0 saturated carbocycles. The zero-order chi connectivity index (χ0) is 11.1. The standard InChI is InChI=1S/C12H18BrNO/c1-14-12(9-15-2)8-5-10-3-6-11(13)7-4-10/h3-4,6-7,12,14H,5,8-9H2,1-2H3. The summed E-state index contributed by atoms with van der Waals surface area (Å²) in [4.78, 5) is 0. The lowest BCUT2D eigenvalue weighted by Gasteiger charge is -2.14. The Labute approximate surface area is 100 Å². The molecule has 3 heteroatoms. The highest BCUT2D eigenvalue weighted by atomic mass is 79.9. The van der Waals surface area contributed by atoms with Crippen molar-refractivity contribution in [3.05, 3.63) is 34.3 Å². The van der Waals surface area contributed by atoms with Crippen LogP contribution in [0.2, 0.25) is 0 Å². The third-order valence-corrected chi connectivity index (χ3v) is 3.00. The fourth-order valence-corrected chi connectivity index (χ4v) is 1.77. The van der Waals surface area contributed by atoms with Gasteiger partial charge in [-0.15, -0.1) is 0 Å². The van der Waals surface area contributed by atoms with Crippen molar-refractivity contribution < 1.29 is 4.74 Å². The van der Waals surface area contributed by atoms with E-state index in [0.717, 1.165) is 23.9 Å². The fraction of sp³-hybridized carbons (Fsp3) is 0.500. The summed E-state index contributed by atoms with van der Waals surface area (Å²) in [6.07, 6.45) is 2.19. The topological polar surface area (TPSA) is 21.3 Å². The first-order valence-electron chi connectivity index (χ1n) is 5.17. The third kappa shape index (κ3) is 4.78. The molecular weight excluding hydrogens is 254 g/mol. The smallest absolute Gasteiger partial charge is 0.0615 e. The molecule has 84 valence electrons.